The first-order valence-corrected chi connectivity index (χ1v) is 9.85. The van der Waals surface area contributed by atoms with Crippen LogP contribution in [0.15, 0.2) is 49.1 Å². The summed E-state index contributed by atoms with van der Waals surface area (Å²) >= 11 is 0.219. The van der Waals surface area contributed by atoms with E-state index in [1.807, 2.05) is 50.3 Å². The number of aliphatic hydroxyl groups is 1. The van der Waals surface area contributed by atoms with Gasteiger partial charge in [0.05, 0.1) is 24.6 Å². The third kappa shape index (κ3) is 9.17. The summed E-state index contributed by atoms with van der Waals surface area (Å²) in [7, 11) is 0. The second kappa shape index (κ2) is 13.9. The van der Waals surface area contributed by atoms with Gasteiger partial charge in [-0.1, -0.05) is 42.5 Å². The second-order valence-electron chi connectivity index (χ2n) is 6.16. The molecule has 0 fully saturated rings. The zero-order chi connectivity index (χ0) is 20.8. The fourth-order valence-electron chi connectivity index (χ4n) is 2.19. The molecule has 1 unspecified atom stereocenters. The van der Waals surface area contributed by atoms with E-state index >= 15 is 0 Å². The normalized spacial score (nSPS) is 11.7. The number of phenolic OH excluding ortho intramolecular Hbond substituents is 1. The summed E-state index contributed by atoms with van der Waals surface area (Å²) in [5, 5.41) is 17.8. The van der Waals surface area contributed by atoms with Crippen molar-refractivity contribution in [3.05, 3.63) is 71.6 Å². The Kier molecular flexibility index (Phi) is 11.9. The number of hydrogen-bond donors (Lipinski definition) is 2. The van der Waals surface area contributed by atoms with Gasteiger partial charge in [0.25, 0.3) is 0 Å². The smallest absolute Gasteiger partial charge is 0.115 e. The van der Waals surface area contributed by atoms with Crippen LogP contribution in [0.1, 0.15) is 29.4 Å². The predicted molar refractivity (Wildman–Crippen MR) is 116 cm³/mol. The molecule has 6 heteroatoms. The summed E-state index contributed by atoms with van der Waals surface area (Å²) in [5.74, 6) is 0.381. The van der Waals surface area contributed by atoms with Crippen molar-refractivity contribution < 1.29 is 18.8 Å². The number of allylic oxidation sites excluding steroid dienone is 1. The highest BCUT2D eigenvalue weighted by atomic mass is 32.2. The van der Waals surface area contributed by atoms with Crippen molar-refractivity contribution >= 4 is 24.3 Å². The van der Waals surface area contributed by atoms with Gasteiger partial charge in [0.15, 0.2) is 0 Å². The van der Waals surface area contributed by atoms with Crippen molar-refractivity contribution in [2.75, 3.05) is 19.0 Å². The zero-order valence-corrected chi connectivity index (χ0v) is 17.2. The van der Waals surface area contributed by atoms with Gasteiger partial charge < -0.3 is 14.9 Å². The molecular formula is C22H28FNO3S. The van der Waals surface area contributed by atoms with Crippen LogP contribution in [0.5, 0.6) is 5.75 Å². The van der Waals surface area contributed by atoms with Gasteiger partial charge in [-0.3, -0.25) is 4.98 Å². The Morgan fingerprint density at radius 2 is 1.96 bits per heavy atom. The number of halogens is 1. The van der Waals surface area contributed by atoms with Crippen molar-refractivity contribution in [3.8, 4) is 5.75 Å². The van der Waals surface area contributed by atoms with Crippen LogP contribution < -0.4 is 0 Å². The number of hydrogen-bond acceptors (Lipinski definition) is 5. The molecule has 0 aliphatic rings. The van der Waals surface area contributed by atoms with E-state index in [0.717, 1.165) is 17.0 Å². The lowest BCUT2D eigenvalue weighted by atomic mass is 10.1. The summed E-state index contributed by atoms with van der Waals surface area (Å²) in [6, 6.07) is 10.9. The van der Waals surface area contributed by atoms with Crippen LogP contribution in [0.3, 0.4) is 0 Å². The van der Waals surface area contributed by atoms with E-state index in [4.69, 9.17) is 14.9 Å². The number of aromatic nitrogens is 1. The Morgan fingerprint density at radius 3 is 2.50 bits per heavy atom. The topological polar surface area (TPSA) is 62.6 Å². The van der Waals surface area contributed by atoms with Gasteiger partial charge in [-0.05, 0) is 43.7 Å². The van der Waals surface area contributed by atoms with Crippen LogP contribution in [-0.2, 0) is 11.3 Å². The number of aliphatic hydroxyl groups excluding tert-OH is 1. The van der Waals surface area contributed by atoms with Crippen LogP contribution in [0.25, 0.3) is 12.2 Å². The van der Waals surface area contributed by atoms with Crippen molar-refractivity contribution in [1.82, 2.24) is 4.98 Å². The Hall–Kier alpha value is -2.15. The molecule has 1 aromatic carbocycles. The second-order valence-corrected chi connectivity index (χ2v) is 6.71. The van der Waals surface area contributed by atoms with Gasteiger partial charge in [-0.25, -0.2) is 0 Å². The highest BCUT2D eigenvalue weighted by Crippen LogP contribution is 2.13. The van der Waals surface area contributed by atoms with Gasteiger partial charge in [0.1, 0.15) is 5.75 Å². The number of pyridine rings is 1. The minimum atomic E-state index is -0.188. The first kappa shape index (κ1) is 23.9. The van der Waals surface area contributed by atoms with Crippen molar-refractivity contribution in [2.45, 2.75) is 20.5 Å². The lowest BCUT2D eigenvalue weighted by molar-refractivity contribution is 0.0693. The molecule has 0 radical (unpaired) electrons. The summed E-state index contributed by atoms with van der Waals surface area (Å²) in [6.07, 6.45) is 5.59. The highest BCUT2D eigenvalue weighted by molar-refractivity contribution is 7.94. The van der Waals surface area contributed by atoms with Crippen LogP contribution in [-0.4, -0.2) is 34.2 Å². The molecule has 2 aromatic rings. The van der Waals surface area contributed by atoms with E-state index in [9.17, 15) is 3.89 Å². The molecule has 0 saturated heterocycles. The van der Waals surface area contributed by atoms with Gasteiger partial charge in [-0.15, -0.1) is 0 Å². The number of nitrogens with zero attached hydrogens (tertiary/aromatic N) is 1. The number of rotatable bonds is 9. The number of aryl methyl sites for hydroxylation is 1. The molecule has 4 nitrogen and oxygen atoms in total. The van der Waals surface area contributed by atoms with Gasteiger partial charge in [0.2, 0.25) is 0 Å². The summed E-state index contributed by atoms with van der Waals surface area (Å²) in [5.41, 5.74) is 3.78. The molecule has 28 heavy (non-hydrogen) atoms. The molecule has 0 bridgehead atoms. The van der Waals surface area contributed by atoms with Gasteiger partial charge >= 0.3 is 0 Å². The maximum Gasteiger partial charge on any atom is 0.115 e. The van der Waals surface area contributed by atoms with Crippen LogP contribution in [0, 0.1) is 12.8 Å². The van der Waals surface area contributed by atoms with Gasteiger partial charge in [-0.2, -0.15) is 3.89 Å². The SMILES string of the molecule is C=Cc1ccc(COCC(CO)CSF)nc1/C=C\C.Cc1ccc(O)cc1. The van der Waals surface area contributed by atoms with E-state index in [-0.39, 0.29) is 30.4 Å². The van der Waals surface area contributed by atoms with E-state index < -0.39 is 0 Å². The number of ether oxygens (including phenoxy) is 1. The Balaban J connectivity index is 0.000000406. The molecule has 2 rings (SSSR count). The fourth-order valence-corrected chi connectivity index (χ4v) is 2.57. The average molecular weight is 406 g/mol. The zero-order valence-electron chi connectivity index (χ0n) is 16.3. The van der Waals surface area contributed by atoms with Crippen LogP contribution in [0.2, 0.25) is 0 Å². The molecule has 1 aromatic heterocycles. The van der Waals surface area contributed by atoms with Gasteiger partial charge in [0, 0.05) is 30.4 Å². The largest absolute Gasteiger partial charge is 0.508 e. The standard InChI is InChI=1S/C15H20FNO2S.C7H8O/c1-3-5-15-13(4-2)6-7-14(17-15)10-19-9-12(8-18)11-20-16;1-6-2-4-7(8)5-3-6/h3-7,12,18H,2,8-11H2,1H3;2-5,8H,1H3/b5-3-;. The number of phenols is 1. The molecule has 1 atom stereocenters. The molecule has 152 valence electrons. The Labute approximate surface area is 171 Å². The molecule has 0 spiro atoms. The molecule has 2 N–H and O–H groups in total. The lowest BCUT2D eigenvalue weighted by Gasteiger charge is -2.12. The Bertz CT molecular complexity index is 714. The van der Waals surface area contributed by atoms with E-state index in [0.29, 0.717) is 19.0 Å². The molecule has 0 amide bonds. The average Bonchev–Trinajstić information content (AvgIpc) is 2.70. The summed E-state index contributed by atoms with van der Waals surface area (Å²) < 4.78 is 17.6. The Morgan fingerprint density at radius 1 is 1.25 bits per heavy atom. The van der Waals surface area contributed by atoms with Crippen molar-refractivity contribution in [3.63, 3.8) is 0 Å². The van der Waals surface area contributed by atoms with Crippen LogP contribution >= 0.6 is 12.1 Å². The maximum absolute atomic E-state index is 12.1. The fraction of sp³-hybridized carbons (Fsp3) is 0.318. The third-order valence-electron chi connectivity index (χ3n) is 3.75. The minimum absolute atomic E-state index is 0.0798. The monoisotopic (exact) mass is 405 g/mol. The molecule has 0 aliphatic carbocycles. The van der Waals surface area contributed by atoms with Crippen molar-refractivity contribution in [2.24, 2.45) is 5.92 Å². The third-order valence-corrected chi connectivity index (χ3v) is 4.35. The maximum atomic E-state index is 12.1. The van der Waals surface area contributed by atoms with E-state index in [1.54, 1.807) is 18.2 Å². The number of aromatic hydroxyl groups is 1. The molecule has 0 aliphatic heterocycles. The highest BCUT2D eigenvalue weighted by Gasteiger charge is 2.09. The van der Waals surface area contributed by atoms with E-state index in [1.165, 1.54) is 5.56 Å². The number of benzene rings is 1. The van der Waals surface area contributed by atoms with Crippen molar-refractivity contribution in [1.29, 1.82) is 0 Å². The first-order valence-electron chi connectivity index (χ1n) is 8.96. The molecule has 0 saturated carbocycles. The predicted octanol–water partition coefficient (Wildman–Crippen LogP) is 5.20. The summed E-state index contributed by atoms with van der Waals surface area (Å²) in [6.45, 7) is 8.24. The van der Waals surface area contributed by atoms with E-state index in [2.05, 4.69) is 11.6 Å². The lowest BCUT2D eigenvalue weighted by Crippen LogP contribution is -2.16. The first-order chi connectivity index (χ1) is 13.5. The quantitative estimate of drug-likeness (QED) is 0.600. The summed E-state index contributed by atoms with van der Waals surface area (Å²) in [4.78, 5) is 4.48. The molecule has 1 heterocycles. The molecular weight excluding hydrogens is 377 g/mol. The minimum Gasteiger partial charge on any atom is -0.508 e. The van der Waals surface area contributed by atoms with Crippen LogP contribution in [0.4, 0.5) is 3.89 Å².